The van der Waals surface area contributed by atoms with E-state index in [2.05, 4.69) is 15.9 Å². The minimum Gasteiger partial charge on any atom is -0.493 e. The van der Waals surface area contributed by atoms with Crippen molar-refractivity contribution in [3.63, 3.8) is 0 Å². The van der Waals surface area contributed by atoms with Crippen molar-refractivity contribution in [3.05, 3.63) is 28.5 Å². The van der Waals surface area contributed by atoms with Gasteiger partial charge in [0.25, 0.3) is 0 Å². The van der Waals surface area contributed by atoms with Crippen LogP contribution in [0.3, 0.4) is 0 Å². The van der Waals surface area contributed by atoms with E-state index in [0.717, 1.165) is 0 Å². The van der Waals surface area contributed by atoms with Gasteiger partial charge in [0.05, 0.1) is 12.4 Å². The van der Waals surface area contributed by atoms with E-state index in [1.807, 2.05) is 6.92 Å². The van der Waals surface area contributed by atoms with Crippen molar-refractivity contribution in [1.82, 2.24) is 0 Å². The van der Waals surface area contributed by atoms with Crippen molar-refractivity contribution in [3.8, 4) is 5.75 Å². The third kappa shape index (κ3) is 6.02. The highest BCUT2D eigenvalue weighted by atomic mass is 79.9. The van der Waals surface area contributed by atoms with Gasteiger partial charge in [-0.25, -0.2) is 12.8 Å². The lowest BCUT2D eigenvalue weighted by atomic mass is 10.1. The molecule has 0 saturated heterocycles. The van der Waals surface area contributed by atoms with Crippen LogP contribution in [-0.2, 0) is 9.05 Å². The third-order valence-corrected chi connectivity index (χ3v) is 4.04. The van der Waals surface area contributed by atoms with Gasteiger partial charge >= 0.3 is 0 Å². The van der Waals surface area contributed by atoms with E-state index in [1.165, 1.54) is 12.1 Å². The first-order valence-corrected chi connectivity index (χ1v) is 8.58. The summed E-state index contributed by atoms with van der Waals surface area (Å²) < 4.78 is 40.9. The van der Waals surface area contributed by atoms with Gasteiger partial charge in [-0.15, -0.1) is 0 Å². The van der Waals surface area contributed by atoms with E-state index in [9.17, 15) is 12.8 Å². The first-order valence-electron chi connectivity index (χ1n) is 5.31. The van der Waals surface area contributed by atoms with E-state index in [1.54, 1.807) is 6.07 Å². The van der Waals surface area contributed by atoms with Gasteiger partial charge < -0.3 is 4.74 Å². The van der Waals surface area contributed by atoms with E-state index in [0.29, 0.717) is 16.6 Å². The normalized spacial score (nSPS) is 13.3. The van der Waals surface area contributed by atoms with Crippen LogP contribution in [0.1, 0.15) is 13.3 Å². The monoisotopic (exact) mass is 358 g/mol. The Hall–Kier alpha value is -0.330. The predicted molar refractivity (Wildman–Crippen MR) is 73.0 cm³/mol. The van der Waals surface area contributed by atoms with Gasteiger partial charge in [0.15, 0.2) is 0 Å². The molecule has 0 spiro atoms. The summed E-state index contributed by atoms with van der Waals surface area (Å²) >= 11 is 3.15. The highest BCUT2D eigenvalue weighted by Gasteiger charge is 2.16. The zero-order valence-electron chi connectivity index (χ0n) is 9.70. The fourth-order valence-electron chi connectivity index (χ4n) is 1.39. The van der Waals surface area contributed by atoms with Gasteiger partial charge in [-0.1, -0.05) is 22.9 Å². The van der Waals surface area contributed by atoms with Crippen LogP contribution in [0.15, 0.2) is 22.7 Å². The Morgan fingerprint density at radius 3 is 2.61 bits per heavy atom. The first-order chi connectivity index (χ1) is 8.30. The van der Waals surface area contributed by atoms with E-state index < -0.39 is 14.9 Å². The third-order valence-electron chi connectivity index (χ3n) is 2.33. The summed E-state index contributed by atoms with van der Waals surface area (Å²) in [6.07, 6.45) is 0.614. The van der Waals surface area contributed by atoms with Crippen LogP contribution in [0.25, 0.3) is 0 Å². The molecule has 3 nitrogen and oxygen atoms in total. The van der Waals surface area contributed by atoms with Crippen molar-refractivity contribution in [2.45, 2.75) is 13.3 Å². The van der Waals surface area contributed by atoms with E-state index in [4.69, 9.17) is 15.4 Å². The summed E-state index contributed by atoms with van der Waals surface area (Å²) in [5.41, 5.74) is 0. The predicted octanol–water partition coefficient (Wildman–Crippen LogP) is 3.56. The van der Waals surface area contributed by atoms with Gasteiger partial charge in [-0.3, -0.25) is 0 Å². The number of hydrogen-bond acceptors (Lipinski definition) is 3. The average molecular weight is 360 g/mol. The Labute approximate surface area is 119 Å². The molecule has 1 unspecified atom stereocenters. The molecular formula is C11H13BrClFO3S. The molecule has 0 saturated carbocycles. The molecule has 0 aromatic heterocycles. The van der Waals surface area contributed by atoms with Gasteiger partial charge in [-0.05, 0) is 18.6 Å². The van der Waals surface area contributed by atoms with Crippen molar-refractivity contribution in [1.29, 1.82) is 0 Å². The molecule has 0 heterocycles. The molecule has 0 aliphatic heterocycles. The highest BCUT2D eigenvalue weighted by molar-refractivity contribution is 9.10. The second kappa shape index (κ2) is 6.73. The van der Waals surface area contributed by atoms with Gasteiger partial charge in [0, 0.05) is 27.1 Å². The molecule has 0 fully saturated rings. The van der Waals surface area contributed by atoms with Gasteiger partial charge in [0.1, 0.15) is 11.6 Å². The molecule has 1 aromatic rings. The van der Waals surface area contributed by atoms with Crippen LogP contribution in [0.2, 0.25) is 0 Å². The Balaban J connectivity index is 2.62. The molecule has 7 heteroatoms. The van der Waals surface area contributed by atoms with Crippen LogP contribution in [0.5, 0.6) is 5.75 Å². The lowest BCUT2D eigenvalue weighted by Crippen LogP contribution is -2.19. The topological polar surface area (TPSA) is 43.4 Å². The first kappa shape index (κ1) is 15.7. The maximum atomic E-state index is 13.1. The van der Waals surface area contributed by atoms with E-state index >= 15 is 0 Å². The molecule has 0 amide bonds. The Morgan fingerprint density at radius 1 is 1.44 bits per heavy atom. The summed E-state index contributed by atoms with van der Waals surface area (Å²) in [6, 6.07) is 4.17. The summed E-state index contributed by atoms with van der Waals surface area (Å²) in [6.45, 7) is 2.02. The van der Waals surface area contributed by atoms with E-state index in [-0.39, 0.29) is 18.3 Å². The minimum atomic E-state index is -3.55. The molecular weight excluding hydrogens is 347 g/mol. The lowest BCUT2D eigenvalue weighted by Gasteiger charge is -2.14. The smallest absolute Gasteiger partial charge is 0.232 e. The maximum Gasteiger partial charge on any atom is 0.232 e. The van der Waals surface area contributed by atoms with Crippen LogP contribution in [0, 0.1) is 11.7 Å². The Kier molecular flexibility index (Phi) is 5.88. The minimum absolute atomic E-state index is 0.151. The SMILES string of the molecule is CCC(COc1cc(F)cc(Br)c1)CS(=O)(=O)Cl. The zero-order valence-corrected chi connectivity index (χ0v) is 12.9. The summed E-state index contributed by atoms with van der Waals surface area (Å²) in [7, 11) is 1.64. The summed E-state index contributed by atoms with van der Waals surface area (Å²) in [4.78, 5) is 0. The Morgan fingerprint density at radius 2 is 2.11 bits per heavy atom. The molecule has 0 aliphatic rings. The van der Waals surface area contributed by atoms with Crippen molar-refractivity contribution < 1.29 is 17.5 Å². The molecule has 102 valence electrons. The fraction of sp³-hybridized carbons (Fsp3) is 0.455. The van der Waals surface area contributed by atoms with Crippen LogP contribution in [-0.4, -0.2) is 20.8 Å². The molecule has 1 aromatic carbocycles. The second-order valence-electron chi connectivity index (χ2n) is 3.90. The second-order valence-corrected chi connectivity index (χ2v) is 7.63. The molecule has 1 rings (SSSR count). The fourth-order valence-corrected chi connectivity index (χ4v) is 3.27. The summed E-state index contributed by atoms with van der Waals surface area (Å²) in [5.74, 6) is -0.430. The molecule has 0 N–H and O–H groups in total. The number of hydrogen-bond donors (Lipinski definition) is 0. The standard InChI is InChI=1S/C11H13BrClFO3S/c1-2-8(7-18(13,15)16)6-17-11-4-9(12)3-10(14)5-11/h3-5,8H,2,6-7H2,1H3. The van der Waals surface area contributed by atoms with Gasteiger partial charge in [-0.2, -0.15) is 0 Å². The molecule has 18 heavy (non-hydrogen) atoms. The number of rotatable bonds is 6. The molecule has 0 aliphatic carbocycles. The lowest BCUT2D eigenvalue weighted by molar-refractivity contribution is 0.257. The Bertz CT molecular complexity index is 487. The van der Waals surface area contributed by atoms with Crippen LogP contribution in [0.4, 0.5) is 4.39 Å². The number of ether oxygens (including phenoxy) is 1. The molecule has 1 atom stereocenters. The van der Waals surface area contributed by atoms with Crippen molar-refractivity contribution in [2.75, 3.05) is 12.4 Å². The van der Waals surface area contributed by atoms with Crippen molar-refractivity contribution in [2.24, 2.45) is 5.92 Å². The van der Waals surface area contributed by atoms with Crippen LogP contribution < -0.4 is 4.74 Å². The number of benzene rings is 1. The zero-order chi connectivity index (χ0) is 13.8. The maximum absolute atomic E-state index is 13.1. The summed E-state index contributed by atoms with van der Waals surface area (Å²) in [5, 5.41) is 0. The van der Waals surface area contributed by atoms with Crippen molar-refractivity contribution >= 4 is 35.7 Å². The quantitative estimate of drug-likeness (QED) is 0.729. The molecule has 0 radical (unpaired) electrons. The average Bonchev–Trinajstić information content (AvgIpc) is 2.21. The highest BCUT2D eigenvalue weighted by Crippen LogP contribution is 2.21. The largest absolute Gasteiger partial charge is 0.493 e. The molecule has 0 bridgehead atoms. The van der Waals surface area contributed by atoms with Crippen LogP contribution >= 0.6 is 26.6 Å². The number of halogens is 3. The van der Waals surface area contributed by atoms with Gasteiger partial charge in [0.2, 0.25) is 9.05 Å².